The molecule has 0 bridgehead atoms. The minimum absolute atomic E-state index is 0.116. The highest BCUT2D eigenvalue weighted by Gasteiger charge is 2.14. The van der Waals surface area contributed by atoms with Crippen LogP contribution >= 0.6 is 12.0 Å². The summed E-state index contributed by atoms with van der Waals surface area (Å²) in [6, 6.07) is 10.5. The number of halogens is 1. The molecule has 0 fully saturated rings. The van der Waals surface area contributed by atoms with Gasteiger partial charge >= 0.3 is 0 Å². The summed E-state index contributed by atoms with van der Waals surface area (Å²) in [5, 5.41) is 11.4. The van der Waals surface area contributed by atoms with Crippen LogP contribution in [0.3, 0.4) is 0 Å². The van der Waals surface area contributed by atoms with Crippen molar-refractivity contribution in [2.75, 3.05) is 24.3 Å². The maximum atomic E-state index is 13.4. The van der Waals surface area contributed by atoms with Gasteiger partial charge in [0.15, 0.2) is 0 Å². The molecule has 0 unspecified atom stereocenters. The average molecular weight is 394 g/mol. The van der Waals surface area contributed by atoms with Crippen molar-refractivity contribution in [3.05, 3.63) is 58.8 Å². The van der Waals surface area contributed by atoms with Crippen LogP contribution in [0.25, 0.3) is 6.08 Å². The van der Waals surface area contributed by atoms with Crippen molar-refractivity contribution in [1.29, 1.82) is 0 Å². The van der Waals surface area contributed by atoms with Gasteiger partial charge in [-0.15, -0.1) is 5.59 Å². The predicted octanol–water partition coefficient (Wildman–Crippen LogP) is 1.80. The van der Waals surface area contributed by atoms with E-state index in [1.165, 1.54) is 18.2 Å². The van der Waals surface area contributed by atoms with Crippen molar-refractivity contribution in [1.82, 2.24) is 5.59 Å². The monoisotopic (exact) mass is 394 g/mol. The minimum atomic E-state index is -0.575. The third-order valence-electron chi connectivity index (χ3n) is 3.18. The molecule has 144 valence electrons. The Bertz CT molecular complexity index is 819. The van der Waals surface area contributed by atoms with Crippen LogP contribution < -0.4 is 27.2 Å². The molecule has 0 aliphatic carbocycles. The highest BCUT2D eigenvalue weighted by Crippen LogP contribution is 2.25. The van der Waals surface area contributed by atoms with Crippen LogP contribution in [-0.2, 0) is 9.08 Å². The van der Waals surface area contributed by atoms with Crippen molar-refractivity contribution in [3.63, 3.8) is 0 Å². The van der Waals surface area contributed by atoms with E-state index < -0.39 is 11.7 Å². The Labute approximate surface area is 159 Å². The minimum Gasteiger partial charge on any atom is -0.491 e. The second-order valence-electron chi connectivity index (χ2n) is 5.12. The molecule has 0 heterocycles. The van der Waals surface area contributed by atoms with Crippen molar-refractivity contribution >= 4 is 35.4 Å². The van der Waals surface area contributed by atoms with Gasteiger partial charge in [-0.25, -0.2) is 14.5 Å². The van der Waals surface area contributed by atoms with Crippen LogP contribution in [0.5, 0.6) is 5.75 Å². The fourth-order valence-electron chi connectivity index (χ4n) is 2.03. The standard InChI is InChI=1S/C17H19FN4O4S/c18-12-4-5-14(19)15(10-12)21-17(24)16(27-26-22-20)9-11-2-1-3-13(8-11)25-7-6-23/h1-5,8-10,22-23H,6-7,19-20H2,(H,21,24)/b16-9-. The first-order valence-corrected chi connectivity index (χ1v) is 8.48. The normalized spacial score (nSPS) is 11.3. The lowest BCUT2D eigenvalue weighted by Gasteiger charge is -2.11. The molecule has 2 rings (SSSR count). The van der Waals surface area contributed by atoms with Gasteiger partial charge in [0.25, 0.3) is 5.91 Å². The zero-order chi connectivity index (χ0) is 19.6. The lowest BCUT2D eigenvalue weighted by atomic mass is 10.2. The van der Waals surface area contributed by atoms with Crippen LogP contribution in [0.2, 0.25) is 0 Å². The molecular formula is C17H19FN4O4S. The van der Waals surface area contributed by atoms with Gasteiger partial charge in [0.1, 0.15) is 23.1 Å². The number of nitrogens with two attached hydrogens (primary N) is 2. The number of nitrogen functional groups attached to an aromatic ring is 1. The van der Waals surface area contributed by atoms with Gasteiger partial charge in [-0.05, 0) is 42.0 Å². The number of aliphatic hydroxyl groups excluding tert-OH is 1. The summed E-state index contributed by atoms with van der Waals surface area (Å²) >= 11 is 0.675. The van der Waals surface area contributed by atoms with Gasteiger partial charge in [0.2, 0.25) is 0 Å². The highest BCUT2D eigenvalue weighted by molar-refractivity contribution is 7.99. The Kier molecular flexibility index (Phi) is 8.04. The molecule has 0 saturated carbocycles. The summed E-state index contributed by atoms with van der Waals surface area (Å²) in [5.41, 5.74) is 8.70. The number of rotatable bonds is 9. The molecule has 2 aromatic rings. The first kappa shape index (κ1) is 20.7. The van der Waals surface area contributed by atoms with Gasteiger partial charge in [-0.3, -0.25) is 4.79 Å². The van der Waals surface area contributed by atoms with E-state index in [4.69, 9.17) is 25.7 Å². The predicted molar refractivity (Wildman–Crippen MR) is 102 cm³/mol. The number of hydrogen-bond donors (Lipinski definition) is 5. The number of aliphatic hydroxyl groups is 1. The SMILES string of the molecule is NNOS/C(=C\c1cccc(OCCO)c1)C(=O)Nc1cc(F)ccc1N. The lowest BCUT2D eigenvalue weighted by Crippen LogP contribution is -2.20. The van der Waals surface area contributed by atoms with E-state index in [0.29, 0.717) is 23.4 Å². The first-order valence-electron chi connectivity index (χ1n) is 7.74. The average Bonchev–Trinajstić information content (AvgIpc) is 2.66. The fourth-order valence-corrected chi connectivity index (χ4v) is 2.47. The first-order chi connectivity index (χ1) is 13.0. The molecule has 0 aromatic heterocycles. The number of hydrazine groups is 1. The van der Waals surface area contributed by atoms with Crippen LogP contribution in [0.4, 0.5) is 15.8 Å². The summed E-state index contributed by atoms with van der Waals surface area (Å²) < 4.78 is 23.5. The van der Waals surface area contributed by atoms with Crippen molar-refractivity contribution in [3.8, 4) is 5.75 Å². The number of nitrogens with one attached hydrogen (secondary N) is 2. The van der Waals surface area contributed by atoms with Gasteiger partial charge in [0, 0.05) is 0 Å². The summed E-state index contributed by atoms with van der Waals surface area (Å²) in [4.78, 5) is 12.7. The summed E-state index contributed by atoms with van der Waals surface area (Å²) in [7, 11) is 0. The number of amides is 1. The summed E-state index contributed by atoms with van der Waals surface area (Å²) in [6.45, 7) is 0.0307. The number of anilines is 2. The van der Waals surface area contributed by atoms with E-state index in [2.05, 4.69) is 5.32 Å². The topological polar surface area (TPSA) is 132 Å². The Morgan fingerprint density at radius 3 is 2.85 bits per heavy atom. The second kappa shape index (κ2) is 10.5. The number of hydrogen-bond acceptors (Lipinski definition) is 8. The molecule has 2 aromatic carbocycles. The number of benzene rings is 2. The van der Waals surface area contributed by atoms with Crippen molar-refractivity contribution in [2.24, 2.45) is 5.84 Å². The van der Waals surface area contributed by atoms with E-state index in [0.717, 1.165) is 6.07 Å². The second-order valence-corrected chi connectivity index (χ2v) is 5.90. The molecule has 27 heavy (non-hydrogen) atoms. The van der Waals surface area contributed by atoms with Crippen LogP contribution in [0.1, 0.15) is 5.56 Å². The molecule has 0 aliphatic rings. The Morgan fingerprint density at radius 2 is 2.11 bits per heavy atom. The van der Waals surface area contributed by atoms with Crippen LogP contribution in [-0.4, -0.2) is 24.2 Å². The third kappa shape index (κ3) is 6.55. The third-order valence-corrected chi connectivity index (χ3v) is 3.85. The van der Waals surface area contributed by atoms with E-state index in [1.807, 2.05) is 5.59 Å². The maximum Gasteiger partial charge on any atom is 0.264 e. The van der Waals surface area contributed by atoms with E-state index in [-0.39, 0.29) is 29.5 Å². The molecule has 0 saturated heterocycles. The number of ether oxygens (including phenoxy) is 1. The van der Waals surface area contributed by atoms with E-state index >= 15 is 0 Å². The Balaban J connectivity index is 2.24. The van der Waals surface area contributed by atoms with Crippen molar-refractivity contribution < 1.29 is 23.3 Å². The largest absolute Gasteiger partial charge is 0.491 e. The number of carbonyl (C=O) groups is 1. The van der Waals surface area contributed by atoms with Gasteiger partial charge < -0.3 is 20.9 Å². The molecule has 7 N–H and O–H groups in total. The lowest BCUT2D eigenvalue weighted by molar-refractivity contribution is -0.112. The molecule has 0 atom stereocenters. The maximum absolute atomic E-state index is 13.4. The fraction of sp³-hybridized carbons (Fsp3) is 0.118. The zero-order valence-electron chi connectivity index (χ0n) is 14.1. The highest BCUT2D eigenvalue weighted by atomic mass is 32.2. The molecule has 1 amide bonds. The number of carbonyl (C=O) groups excluding carboxylic acids is 1. The quantitative estimate of drug-likeness (QED) is 0.143. The smallest absolute Gasteiger partial charge is 0.264 e. The van der Waals surface area contributed by atoms with Gasteiger partial charge in [-0.2, -0.15) is 0 Å². The summed E-state index contributed by atoms with van der Waals surface area (Å²) in [5.74, 6) is 4.49. The summed E-state index contributed by atoms with van der Waals surface area (Å²) in [6.07, 6.45) is 1.53. The van der Waals surface area contributed by atoms with E-state index in [1.54, 1.807) is 24.3 Å². The van der Waals surface area contributed by atoms with Gasteiger partial charge in [-0.1, -0.05) is 12.1 Å². The molecular weight excluding hydrogens is 375 g/mol. The molecule has 0 aliphatic heterocycles. The molecule has 10 heteroatoms. The molecule has 0 spiro atoms. The Morgan fingerprint density at radius 1 is 1.30 bits per heavy atom. The molecule has 0 radical (unpaired) electrons. The van der Waals surface area contributed by atoms with E-state index in [9.17, 15) is 9.18 Å². The zero-order valence-corrected chi connectivity index (χ0v) is 15.0. The van der Waals surface area contributed by atoms with Crippen LogP contribution in [0, 0.1) is 5.82 Å². The van der Waals surface area contributed by atoms with Crippen molar-refractivity contribution in [2.45, 2.75) is 0 Å². The van der Waals surface area contributed by atoms with Crippen LogP contribution in [0.15, 0.2) is 47.4 Å². The Hall–Kier alpha value is -2.63. The molecule has 8 nitrogen and oxygen atoms in total. The van der Waals surface area contributed by atoms with Gasteiger partial charge in [0.05, 0.1) is 30.0 Å².